The highest BCUT2D eigenvalue weighted by Gasteiger charge is 2.11. The molecular weight excluding hydrogens is 330 g/mol. The van der Waals surface area contributed by atoms with Gasteiger partial charge in [-0.25, -0.2) is 4.98 Å². The number of benzene rings is 2. The monoisotopic (exact) mass is 347 g/mol. The molecular formula is C20H17N3OS. The number of aryl methyl sites for hydroxylation is 2. The van der Waals surface area contributed by atoms with Gasteiger partial charge in [-0.1, -0.05) is 42.1 Å². The van der Waals surface area contributed by atoms with Crippen LogP contribution in [0.4, 0.5) is 5.69 Å². The summed E-state index contributed by atoms with van der Waals surface area (Å²) in [6.45, 7) is 3.76. The molecule has 5 heteroatoms. The highest BCUT2D eigenvalue weighted by atomic mass is 32.2. The first-order valence-electron chi connectivity index (χ1n) is 7.86. The van der Waals surface area contributed by atoms with Gasteiger partial charge in [0.2, 0.25) is 5.91 Å². The second kappa shape index (κ2) is 7.37. The van der Waals surface area contributed by atoms with Crippen LogP contribution >= 0.6 is 11.8 Å². The molecule has 1 amide bonds. The average molecular weight is 347 g/mol. The minimum absolute atomic E-state index is 0.120. The number of thioether (sulfide) groups is 1. The molecule has 2 aromatic carbocycles. The molecule has 1 aromatic heterocycles. The number of hydrogen-bond acceptors (Lipinski definition) is 4. The maximum atomic E-state index is 12.2. The minimum atomic E-state index is -0.120. The number of pyridine rings is 1. The van der Waals surface area contributed by atoms with Gasteiger partial charge in [-0.2, -0.15) is 5.26 Å². The van der Waals surface area contributed by atoms with E-state index in [0.29, 0.717) is 10.6 Å². The Labute approximate surface area is 150 Å². The summed E-state index contributed by atoms with van der Waals surface area (Å²) in [4.78, 5) is 16.6. The summed E-state index contributed by atoms with van der Waals surface area (Å²) in [5.74, 6) is 0.0855. The van der Waals surface area contributed by atoms with E-state index in [1.54, 1.807) is 0 Å². The largest absolute Gasteiger partial charge is 0.325 e. The van der Waals surface area contributed by atoms with E-state index in [1.807, 2.05) is 62.4 Å². The molecule has 0 radical (unpaired) electrons. The molecule has 0 aliphatic rings. The average Bonchev–Trinajstić information content (AvgIpc) is 2.59. The van der Waals surface area contributed by atoms with Crippen molar-refractivity contribution in [3.05, 3.63) is 65.4 Å². The van der Waals surface area contributed by atoms with Crippen molar-refractivity contribution in [2.75, 3.05) is 11.1 Å². The molecule has 3 rings (SSSR count). The van der Waals surface area contributed by atoms with Gasteiger partial charge in [0.25, 0.3) is 0 Å². The van der Waals surface area contributed by atoms with Crippen LogP contribution in [0, 0.1) is 25.2 Å². The lowest BCUT2D eigenvalue weighted by Gasteiger charge is -2.09. The number of carbonyl (C=O) groups is 1. The molecule has 0 atom stereocenters. The fourth-order valence-corrected chi connectivity index (χ4v) is 3.54. The minimum Gasteiger partial charge on any atom is -0.325 e. The van der Waals surface area contributed by atoms with Crippen LogP contribution in [0.1, 0.15) is 16.8 Å². The van der Waals surface area contributed by atoms with Gasteiger partial charge in [0, 0.05) is 11.4 Å². The number of nitrogens with one attached hydrogen (secondary N) is 1. The Morgan fingerprint density at radius 3 is 2.68 bits per heavy atom. The summed E-state index contributed by atoms with van der Waals surface area (Å²) >= 11 is 1.29. The van der Waals surface area contributed by atoms with E-state index in [1.165, 1.54) is 11.8 Å². The van der Waals surface area contributed by atoms with Crippen molar-refractivity contribution < 1.29 is 4.79 Å². The molecule has 124 valence electrons. The van der Waals surface area contributed by atoms with Crippen LogP contribution in [0.3, 0.4) is 0 Å². The van der Waals surface area contributed by atoms with Crippen molar-refractivity contribution in [2.24, 2.45) is 0 Å². The zero-order chi connectivity index (χ0) is 17.8. The normalized spacial score (nSPS) is 10.4. The smallest absolute Gasteiger partial charge is 0.234 e. The van der Waals surface area contributed by atoms with Gasteiger partial charge >= 0.3 is 0 Å². The van der Waals surface area contributed by atoms with Crippen molar-refractivity contribution in [3.8, 4) is 6.07 Å². The first kappa shape index (κ1) is 17.0. The van der Waals surface area contributed by atoms with E-state index in [-0.39, 0.29) is 11.7 Å². The maximum absolute atomic E-state index is 12.2. The van der Waals surface area contributed by atoms with Crippen LogP contribution in [0.15, 0.2) is 53.6 Å². The zero-order valence-corrected chi connectivity index (χ0v) is 14.9. The van der Waals surface area contributed by atoms with E-state index in [9.17, 15) is 10.1 Å². The molecule has 0 aliphatic carbocycles. The van der Waals surface area contributed by atoms with Crippen LogP contribution in [0.25, 0.3) is 10.8 Å². The summed E-state index contributed by atoms with van der Waals surface area (Å²) in [5, 5.41) is 15.0. The van der Waals surface area contributed by atoms with E-state index in [0.717, 1.165) is 27.7 Å². The van der Waals surface area contributed by atoms with E-state index < -0.39 is 0 Å². The Morgan fingerprint density at radius 1 is 1.16 bits per heavy atom. The van der Waals surface area contributed by atoms with Crippen LogP contribution in [0.5, 0.6) is 0 Å². The number of anilines is 1. The predicted molar refractivity (Wildman–Crippen MR) is 102 cm³/mol. The van der Waals surface area contributed by atoms with Crippen LogP contribution < -0.4 is 5.32 Å². The third-order valence-electron chi connectivity index (χ3n) is 3.80. The van der Waals surface area contributed by atoms with Gasteiger partial charge < -0.3 is 5.32 Å². The van der Waals surface area contributed by atoms with Gasteiger partial charge in [-0.15, -0.1) is 0 Å². The Bertz CT molecular complexity index is 992. The summed E-state index contributed by atoms with van der Waals surface area (Å²) in [6.07, 6.45) is 0. The van der Waals surface area contributed by atoms with Gasteiger partial charge in [0.1, 0.15) is 11.1 Å². The van der Waals surface area contributed by atoms with E-state index >= 15 is 0 Å². The molecule has 0 bridgehead atoms. The standard InChI is InChI=1S/C20H17N3OS/c1-13-9-14(2)22-20(18(13)11-21)25-12-19(24)23-17-8-7-15-5-3-4-6-16(15)10-17/h3-10H,12H2,1-2H3,(H,23,24). The highest BCUT2D eigenvalue weighted by molar-refractivity contribution is 8.00. The zero-order valence-electron chi connectivity index (χ0n) is 14.0. The first-order valence-corrected chi connectivity index (χ1v) is 8.85. The van der Waals surface area contributed by atoms with Crippen LogP contribution in [-0.4, -0.2) is 16.6 Å². The Balaban J connectivity index is 1.70. The van der Waals surface area contributed by atoms with Crippen molar-refractivity contribution in [1.29, 1.82) is 5.26 Å². The summed E-state index contributed by atoms with van der Waals surface area (Å²) in [7, 11) is 0. The second-order valence-electron chi connectivity index (χ2n) is 5.77. The summed E-state index contributed by atoms with van der Waals surface area (Å²) < 4.78 is 0. The predicted octanol–water partition coefficient (Wildman–Crippen LogP) is 4.45. The number of nitrogens with zero attached hydrogens (tertiary/aromatic N) is 2. The Hall–Kier alpha value is -2.84. The lowest BCUT2D eigenvalue weighted by atomic mass is 10.1. The second-order valence-corrected chi connectivity index (χ2v) is 6.74. The number of fused-ring (bicyclic) bond motifs is 1. The lowest BCUT2D eigenvalue weighted by molar-refractivity contribution is -0.113. The van der Waals surface area contributed by atoms with Gasteiger partial charge in [0.05, 0.1) is 11.3 Å². The molecule has 1 N–H and O–H groups in total. The van der Waals surface area contributed by atoms with Crippen LogP contribution in [-0.2, 0) is 4.79 Å². The molecule has 0 fully saturated rings. The number of aromatic nitrogens is 1. The van der Waals surface area contributed by atoms with Gasteiger partial charge in [-0.05, 0) is 48.4 Å². The summed E-state index contributed by atoms with van der Waals surface area (Å²) in [6, 6.07) is 17.9. The summed E-state index contributed by atoms with van der Waals surface area (Å²) in [5.41, 5.74) is 3.02. The number of rotatable bonds is 4. The van der Waals surface area contributed by atoms with Crippen molar-refractivity contribution in [2.45, 2.75) is 18.9 Å². The first-order chi connectivity index (χ1) is 12.1. The third kappa shape index (κ3) is 3.98. The van der Waals surface area contributed by atoms with Crippen LogP contribution in [0.2, 0.25) is 0 Å². The van der Waals surface area contributed by atoms with E-state index in [4.69, 9.17) is 0 Å². The van der Waals surface area contributed by atoms with Gasteiger partial charge in [-0.3, -0.25) is 4.79 Å². The molecule has 0 saturated carbocycles. The SMILES string of the molecule is Cc1cc(C)c(C#N)c(SCC(=O)Nc2ccc3ccccc3c2)n1. The molecule has 4 nitrogen and oxygen atoms in total. The number of nitriles is 1. The van der Waals surface area contributed by atoms with Gasteiger partial charge in [0.15, 0.2) is 0 Å². The molecule has 0 saturated heterocycles. The fourth-order valence-electron chi connectivity index (χ4n) is 2.64. The fraction of sp³-hybridized carbons (Fsp3) is 0.150. The molecule has 0 aliphatic heterocycles. The Morgan fingerprint density at radius 2 is 1.92 bits per heavy atom. The molecule has 0 spiro atoms. The highest BCUT2D eigenvalue weighted by Crippen LogP contribution is 2.24. The molecule has 25 heavy (non-hydrogen) atoms. The number of amides is 1. The topological polar surface area (TPSA) is 65.8 Å². The Kier molecular flexibility index (Phi) is 5.01. The van der Waals surface area contributed by atoms with Crippen molar-refractivity contribution in [3.63, 3.8) is 0 Å². The molecule has 0 unspecified atom stereocenters. The quantitative estimate of drug-likeness (QED) is 0.708. The maximum Gasteiger partial charge on any atom is 0.234 e. The number of hydrogen-bond donors (Lipinski definition) is 1. The van der Waals surface area contributed by atoms with Crippen molar-refractivity contribution >= 4 is 34.1 Å². The molecule has 1 heterocycles. The third-order valence-corrected chi connectivity index (χ3v) is 4.77. The molecule has 3 aromatic rings. The lowest BCUT2D eigenvalue weighted by Crippen LogP contribution is -2.14. The van der Waals surface area contributed by atoms with E-state index in [2.05, 4.69) is 16.4 Å². The van der Waals surface area contributed by atoms with Crippen molar-refractivity contribution in [1.82, 2.24) is 4.98 Å². The number of carbonyl (C=O) groups excluding carboxylic acids is 1.